The van der Waals surface area contributed by atoms with E-state index >= 15 is 0 Å². The van der Waals surface area contributed by atoms with Crippen molar-refractivity contribution in [2.75, 3.05) is 57.5 Å². The van der Waals surface area contributed by atoms with Gasteiger partial charge in [-0.05, 0) is 68.7 Å². The molecule has 7 atom stereocenters. The van der Waals surface area contributed by atoms with Crippen LogP contribution in [0.3, 0.4) is 0 Å². The third-order valence-electron chi connectivity index (χ3n) is 13.1. The number of thioether (sulfide) groups is 2. The Morgan fingerprint density at radius 3 is 2.08 bits per heavy atom. The van der Waals surface area contributed by atoms with Crippen LogP contribution < -0.4 is 37.0 Å². The van der Waals surface area contributed by atoms with Crippen molar-refractivity contribution in [3.05, 3.63) is 29.6 Å². The van der Waals surface area contributed by atoms with Crippen molar-refractivity contribution in [2.24, 2.45) is 16.8 Å². The van der Waals surface area contributed by atoms with Gasteiger partial charge in [-0.2, -0.15) is 23.5 Å². The summed E-state index contributed by atoms with van der Waals surface area (Å²) in [5, 5.41) is 74.4. The van der Waals surface area contributed by atoms with Crippen LogP contribution in [0.1, 0.15) is 110 Å². The van der Waals surface area contributed by atoms with E-state index in [-0.39, 0.29) is 94.5 Å². The molecule has 23 nitrogen and oxygen atoms in total. The van der Waals surface area contributed by atoms with Crippen molar-refractivity contribution in [2.45, 2.75) is 158 Å². The highest BCUT2D eigenvalue weighted by molar-refractivity contribution is 7.98. The van der Waals surface area contributed by atoms with Gasteiger partial charge in [-0.3, -0.25) is 43.4 Å². The van der Waals surface area contributed by atoms with E-state index in [9.17, 15) is 54.0 Å². The quantitative estimate of drug-likeness (QED) is 0.0225. The molecule has 11 N–H and O–H groups in total. The Balaban J connectivity index is 1.35. The first-order valence-electron chi connectivity index (χ1n) is 25.8. The number of nitrogens with zero attached hydrogens (tertiary/aromatic N) is 3. The van der Waals surface area contributed by atoms with Gasteiger partial charge in [-0.1, -0.05) is 40.2 Å². The fourth-order valence-corrected chi connectivity index (χ4v) is 10.1. The zero-order chi connectivity index (χ0) is 55.5. The normalized spacial score (nSPS) is 17.7. The Morgan fingerprint density at radius 2 is 1.51 bits per heavy atom. The average Bonchev–Trinajstić information content (AvgIpc) is 3.38. The highest BCUT2D eigenvalue weighted by atomic mass is 32.2. The summed E-state index contributed by atoms with van der Waals surface area (Å²) in [6.45, 7) is 11.5. The summed E-state index contributed by atoms with van der Waals surface area (Å²) in [6, 6.07) is 2.64. The number of amides is 7. The van der Waals surface area contributed by atoms with Gasteiger partial charge in [0.05, 0.1) is 36.7 Å². The molecule has 3 rings (SSSR count). The summed E-state index contributed by atoms with van der Waals surface area (Å²) in [5.41, 5.74) is 0.418. The maximum atomic E-state index is 13.9. The number of carbonyl (C=O) groups is 7. The van der Waals surface area contributed by atoms with E-state index < -0.39 is 84.0 Å². The molecule has 25 heteroatoms. The van der Waals surface area contributed by atoms with Gasteiger partial charge in [0.15, 0.2) is 0 Å². The van der Waals surface area contributed by atoms with E-state index in [1.165, 1.54) is 11.8 Å². The number of piperidine rings is 1. The monoisotopic (exact) mass is 1090 g/mol. The standard InChI is InChI=1S/C50H82N10O13S2/c1-6-32(4)44(46(51)69)58-48(71)37(26-31(2)3)57-49(72)50(17-22-73-23-18-50)59-42(66)16-25-75-30-35-9-7-8-34(54-35)29-74-24-15-41(65)55-33-13-20-60(21-14-33)27-43(67)56-36(47(70)52-5)10-11-40(64)53-19-12-38(62)45(68)39(63)28-61/h7-9,31-33,36-39,44-45,61-63,68H,5-6,10-30H2,1-4H3,(H2,51,69)(H,53,64)(H,55,65)(H,56,67)(H,57,72)(H,58,71)(H,59,66)/p-1/t32-,36+,37-,38+,39+,44-,45-/m0/s1. The molecular weight excluding hydrogens is 1010 g/mol. The number of carbonyl (C=O) groups excluding carboxylic acids is 7. The molecule has 2 aliphatic heterocycles. The van der Waals surface area contributed by atoms with Crippen LogP contribution in [0, 0.1) is 17.2 Å². The number of ether oxygens (including phenoxy) is 1. The van der Waals surface area contributed by atoms with Gasteiger partial charge < -0.3 is 67.6 Å². The van der Waals surface area contributed by atoms with Gasteiger partial charge in [0.2, 0.25) is 35.4 Å². The van der Waals surface area contributed by atoms with Crippen LogP contribution in [0.15, 0.2) is 23.2 Å². The lowest BCUT2D eigenvalue weighted by atomic mass is 9.87. The molecule has 1 aromatic heterocycles. The van der Waals surface area contributed by atoms with E-state index in [2.05, 4.69) is 43.6 Å². The molecule has 3 heterocycles. The van der Waals surface area contributed by atoms with Crippen molar-refractivity contribution < 1.29 is 63.8 Å². The molecule has 422 valence electrons. The van der Waals surface area contributed by atoms with Crippen molar-refractivity contribution in [1.82, 2.24) is 41.8 Å². The molecule has 2 saturated heterocycles. The van der Waals surface area contributed by atoms with Crippen LogP contribution in [-0.2, 0) is 49.8 Å². The fourth-order valence-electron chi connectivity index (χ4n) is 8.39. The van der Waals surface area contributed by atoms with Crippen molar-refractivity contribution >= 4 is 77.5 Å². The van der Waals surface area contributed by atoms with E-state index in [0.29, 0.717) is 68.2 Å². The first-order chi connectivity index (χ1) is 35.7. The summed E-state index contributed by atoms with van der Waals surface area (Å²) in [4.78, 5) is 101. The number of pyridine rings is 1. The van der Waals surface area contributed by atoms with Crippen molar-refractivity contribution in [3.63, 3.8) is 0 Å². The molecule has 75 heavy (non-hydrogen) atoms. The second-order valence-electron chi connectivity index (χ2n) is 19.6. The molecule has 0 aliphatic carbocycles. The highest BCUT2D eigenvalue weighted by Crippen LogP contribution is 2.24. The first-order valence-corrected chi connectivity index (χ1v) is 28.1. The van der Waals surface area contributed by atoms with E-state index in [0.717, 1.165) is 11.4 Å². The number of nitrogens with one attached hydrogen (secondary N) is 7. The van der Waals surface area contributed by atoms with E-state index in [1.807, 2.05) is 43.9 Å². The van der Waals surface area contributed by atoms with Crippen molar-refractivity contribution in [1.29, 1.82) is 5.41 Å². The predicted octanol–water partition coefficient (Wildman–Crippen LogP) is -0.953. The average molecular weight is 1090 g/mol. The van der Waals surface area contributed by atoms with Crippen LogP contribution in [0.25, 0.3) is 0 Å². The number of aliphatic imine (C=N–C) groups is 1. The van der Waals surface area contributed by atoms with Crippen LogP contribution >= 0.6 is 23.5 Å². The van der Waals surface area contributed by atoms with Gasteiger partial charge >= 0.3 is 0 Å². The maximum Gasteiger partial charge on any atom is 0.267 e. The number of likely N-dealkylation sites (tertiary alicyclic amines) is 1. The lowest BCUT2D eigenvalue weighted by Gasteiger charge is -2.38. The SMILES string of the molecule is C=NC(=O)[C@@H](CCC(=O)NCC[C@@H](O)[C@H](O)[C@H](O)CO)NC(=O)CN1CCC(NC(=O)CCSCc2cccc(CSCCC(=O)NC3(C(=O)N[C@@H](CC(C)C)C(=O)N[C@H](C(=N)[O-])[C@@H](C)CC)CCOCC3)n2)CC1. The van der Waals surface area contributed by atoms with Crippen LogP contribution in [0.5, 0.6) is 0 Å². The van der Waals surface area contributed by atoms with Crippen LogP contribution in [0.4, 0.5) is 0 Å². The number of aliphatic hydroxyl groups excluding tert-OH is 4. The van der Waals surface area contributed by atoms with Crippen LogP contribution in [-0.4, -0.2) is 190 Å². The molecule has 1 aromatic rings. The summed E-state index contributed by atoms with van der Waals surface area (Å²) in [7, 11) is 0. The molecule has 0 aromatic carbocycles. The highest BCUT2D eigenvalue weighted by Gasteiger charge is 2.43. The third-order valence-corrected chi connectivity index (χ3v) is 15.1. The van der Waals surface area contributed by atoms with Crippen molar-refractivity contribution in [3.8, 4) is 0 Å². The van der Waals surface area contributed by atoms with Gasteiger partial charge in [0.1, 0.15) is 29.8 Å². The Kier molecular flexibility index (Phi) is 29.3. The molecule has 0 bridgehead atoms. The summed E-state index contributed by atoms with van der Waals surface area (Å²) in [6.07, 6.45) is -1.77. The zero-order valence-electron chi connectivity index (χ0n) is 43.8. The largest absolute Gasteiger partial charge is 0.861 e. The molecule has 2 aliphatic rings. The predicted molar refractivity (Wildman–Crippen MR) is 283 cm³/mol. The maximum absolute atomic E-state index is 13.9. The van der Waals surface area contributed by atoms with Gasteiger partial charge in [-0.15, -0.1) is 0 Å². The number of rotatable bonds is 34. The lowest BCUT2D eigenvalue weighted by Crippen LogP contribution is -2.64. The summed E-state index contributed by atoms with van der Waals surface area (Å²) < 4.78 is 5.53. The Hall–Kier alpha value is -4.76. The van der Waals surface area contributed by atoms with Crippen LogP contribution in [0.2, 0.25) is 0 Å². The van der Waals surface area contributed by atoms with Gasteiger partial charge in [0.25, 0.3) is 5.91 Å². The Bertz CT molecular complexity index is 2030. The Morgan fingerprint density at radius 1 is 0.880 bits per heavy atom. The third kappa shape index (κ3) is 23.6. The summed E-state index contributed by atoms with van der Waals surface area (Å²) in [5.74, 6) is -1.98. The van der Waals surface area contributed by atoms with E-state index in [1.54, 1.807) is 18.7 Å². The fraction of sp³-hybridized carbons (Fsp3) is 0.720. The van der Waals surface area contributed by atoms with E-state index in [4.69, 9.17) is 20.2 Å². The molecule has 0 saturated carbocycles. The number of hydrogen-bond donors (Lipinski definition) is 11. The molecular formula is C50H81N10O13S2-. The minimum absolute atomic E-state index is 0.000765. The number of aliphatic hydroxyl groups is 4. The molecule has 0 radical (unpaired) electrons. The second-order valence-corrected chi connectivity index (χ2v) is 21.8. The lowest BCUT2D eigenvalue weighted by molar-refractivity contribution is -0.224. The summed E-state index contributed by atoms with van der Waals surface area (Å²) >= 11 is 3.12. The Labute approximate surface area is 448 Å². The minimum Gasteiger partial charge on any atom is -0.861 e. The molecule has 2 fully saturated rings. The smallest absolute Gasteiger partial charge is 0.267 e. The minimum atomic E-state index is -1.59. The number of hydrogen-bond acceptors (Lipinski definition) is 18. The zero-order valence-corrected chi connectivity index (χ0v) is 45.4. The molecule has 7 amide bonds. The van der Waals surface area contributed by atoms with Gasteiger partial charge in [0, 0.05) is 94.0 Å². The number of aromatic nitrogens is 1. The van der Waals surface area contributed by atoms with Gasteiger partial charge in [-0.25, -0.2) is 4.99 Å². The molecule has 0 spiro atoms. The topological polar surface area (TPSA) is 357 Å². The molecule has 0 unspecified atom stereocenters. The second kappa shape index (κ2) is 34.1. The first kappa shape index (κ1) is 64.5.